The number of amides is 1. The van der Waals surface area contributed by atoms with Gasteiger partial charge in [-0.05, 0) is 31.4 Å². The van der Waals surface area contributed by atoms with E-state index in [1.165, 1.54) is 0 Å². The molecule has 1 aliphatic rings. The van der Waals surface area contributed by atoms with Crippen molar-refractivity contribution in [3.63, 3.8) is 0 Å². The normalized spacial score (nSPS) is 22.0. The lowest BCUT2D eigenvalue weighted by Crippen LogP contribution is -2.40. The molecule has 1 aliphatic heterocycles. The standard InChI is InChI=1S/C11H18N4O/c1-9(12)5-4-8-14-15-10-6-2-3-7-13-11(10)16/h4-5,8,10,15H,1-3,6-7,12H2,(H,13,16)/b5-4-,14-8-. The largest absolute Gasteiger partial charge is 0.399 e. The summed E-state index contributed by atoms with van der Waals surface area (Å²) in [5.74, 6) is 0.0156. The highest BCUT2D eigenvalue weighted by Crippen LogP contribution is 2.04. The Morgan fingerprint density at radius 1 is 1.62 bits per heavy atom. The summed E-state index contributed by atoms with van der Waals surface area (Å²) in [6.45, 7) is 4.27. The van der Waals surface area contributed by atoms with Crippen LogP contribution in [0, 0.1) is 0 Å². The Hall–Kier alpha value is -1.78. The third-order valence-corrected chi connectivity index (χ3v) is 2.24. The van der Waals surface area contributed by atoms with Gasteiger partial charge in [0, 0.05) is 18.5 Å². The molecule has 0 aliphatic carbocycles. The Labute approximate surface area is 95.5 Å². The molecule has 1 atom stereocenters. The average Bonchev–Trinajstić information content (AvgIpc) is 2.43. The topological polar surface area (TPSA) is 79.5 Å². The molecule has 5 heteroatoms. The Morgan fingerprint density at radius 2 is 2.44 bits per heavy atom. The number of hydrogen-bond donors (Lipinski definition) is 3. The van der Waals surface area contributed by atoms with Gasteiger partial charge in [0.25, 0.3) is 0 Å². The SMILES string of the molecule is C=C(N)/C=C\C=N/NC1CCCCNC1=O. The van der Waals surface area contributed by atoms with E-state index in [-0.39, 0.29) is 11.9 Å². The minimum absolute atomic E-state index is 0.0156. The molecule has 1 amide bonds. The quantitative estimate of drug-likeness (QED) is 0.362. The molecule has 1 saturated heterocycles. The second-order valence-corrected chi connectivity index (χ2v) is 3.68. The van der Waals surface area contributed by atoms with Gasteiger partial charge in [0.05, 0.1) is 0 Å². The van der Waals surface area contributed by atoms with Crippen molar-refractivity contribution in [2.24, 2.45) is 10.8 Å². The summed E-state index contributed by atoms with van der Waals surface area (Å²) in [4.78, 5) is 11.5. The summed E-state index contributed by atoms with van der Waals surface area (Å²) in [6.07, 6.45) is 7.73. The molecule has 88 valence electrons. The van der Waals surface area contributed by atoms with Gasteiger partial charge in [-0.25, -0.2) is 0 Å². The predicted molar refractivity (Wildman–Crippen MR) is 64.7 cm³/mol. The fourth-order valence-corrected chi connectivity index (χ4v) is 1.41. The first-order chi connectivity index (χ1) is 7.70. The van der Waals surface area contributed by atoms with E-state index in [0.717, 1.165) is 25.8 Å². The van der Waals surface area contributed by atoms with Crippen LogP contribution in [0.2, 0.25) is 0 Å². The maximum atomic E-state index is 11.5. The van der Waals surface area contributed by atoms with Crippen LogP contribution >= 0.6 is 0 Å². The number of rotatable bonds is 4. The minimum Gasteiger partial charge on any atom is -0.399 e. The van der Waals surface area contributed by atoms with Crippen molar-refractivity contribution in [1.29, 1.82) is 0 Å². The van der Waals surface area contributed by atoms with E-state index < -0.39 is 0 Å². The molecule has 1 heterocycles. The maximum absolute atomic E-state index is 11.5. The van der Waals surface area contributed by atoms with E-state index in [2.05, 4.69) is 22.4 Å². The second-order valence-electron chi connectivity index (χ2n) is 3.68. The summed E-state index contributed by atoms with van der Waals surface area (Å²) in [5, 5.41) is 6.77. The van der Waals surface area contributed by atoms with Gasteiger partial charge in [-0.15, -0.1) is 0 Å². The average molecular weight is 222 g/mol. The molecule has 0 aromatic rings. The molecule has 16 heavy (non-hydrogen) atoms. The monoisotopic (exact) mass is 222 g/mol. The zero-order valence-corrected chi connectivity index (χ0v) is 9.28. The molecule has 0 aromatic carbocycles. The van der Waals surface area contributed by atoms with Crippen LogP contribution < -0.4 is 16.5 Å². The maximum Gasteiger partial charge on any atom is 0.244 e. The number of carbonyl (C=O) groups is 1. The van der Waals surface area contributed by atoms with Crippen molar-refractivity contribution in [2.45, 2.75) is 25.3 Å². The number of allylic oxidation sites excluding steroid dienone is 2. The summed E-state index contributed by atoms with van der Waals surface area (Å²) >= 11 is 0. The van der Waals surface area contributed by atoms with Gasteiger partial charge in [0.1, 0.15) is 6.04 Å². The first-order valence-corrected chi connectivity index (χ1v) is 5.37. The summed E-state index contributed by atoms with van der Waals surface area (Å²) < 4.78 is 0. The molecule has 0 bridgehead atoms. The highest BCUT2D eigenvalue weighted by Gasteiger charge is 2.18. The molecule has 0 saturated carbocycles. The third-order valence-electron chi connectivity index (χ3n) is 2.24. The highest BCUT2D eigenvalue weighted by molar-refractivity contribution is 5.82. The zero-order valence-electron chi connectivity index (χ0n) is 9.28. The summed E-state index contributed by atoms with van der Waals surface area (Å²) in [7, 11) is 0. The number of nitrogens with one attached hydrogen (secondary N) is 2. The van der Waals surface area contributed by atoms with Crippen LogP contribution in [-0.2, 0) is 4.79 Å². The van der Waals surface area contributed by atoms with Crippen molar-refractivity contribution in [3.05, 3.63) is 24.4 Å². The molecule has 1 fully saturated rings. The molecule has 0 spiro atoms. The zero-order chi connectivity index (χ0) is 11.8. The molecule has 0 radical (unpaired) electrons. The van der Waals surface area contributed by atoms with Gasteiger partial charge in [-0.1, -0.05) is 6.58 Å². The lowest BCUT2D eigenvalue weighted by molar-refractivity contribution is -0.122. The fourth-order valence-electron chi connectivity index (χ4n) is 1.41. The second kappa shape index (κ2) is 6.66. The lowest BCUT2D eigenvalue weighted by Gasteiger charge is -2.11. The van der Waals surface area contributed by atoms with Gasteiger partial charge in [0.15, 0.2) is 0 Å². The molecule has 5 nitrogen and oxygen atoms in total. The highest BCUT2D eigenvalue weighted by atomic mass is 16.2. The molecule has 1 rings (SSSR count). The van der Waals surface area contributed by atoms with E-state index in [0.29, 0.717) is 5.70 Å². The van der Waals surface area contributed by atoms with Crippen LogP contribution in [0.4, 0.5) is 0 Å². The third kappa shape index (κ3) is 4.63. The van der Waals surface area contributed by atoms with Crippen molar-refractivity contribution in [2.75, 3.05) is 6.54 Å². The van der Waals surface area contributed by atoms with Gasteiger partial charge >= 0.3 is 0 Å². The van der Waals surface area contributed by atoms with Gasteiger partial charge < -0.3 is 11.1 Å². The lowest BCUT2D eigenvalue weighted by atomic mass is 10.1. The first-order valence-electron chi connectivity index (χ1n) is 5.37. The Balaban J connectivity index is 2.35. The van der Waals surface area contributed by atoms with E-state index >= 15 is 0 Å². The molecule has 4 N–H and O–H groups in total. The van der Waals surface area contributed by atoms with Crippen LogP contribution in [0.3, 0.4) is 0 Å². The van der Waals surface area contributed by atoms with E-state index in [4.69, 9.17) is 5.73 Å². The number of nitrogens with two attached hydrogens (primary N) is 1. The van der Waals surface area contributed by atoms with Gasteiger partial charge in [-0.2, -0.15) is 5.10 Å². The van der Waals surface area contributed by atoms with E-state index in [1.807, 2.05) is 0 Å². The molecule has 0 aromatic heterocycles. The van der Waals surface area contributed by atoms with E-state index in [9.17, 15) is 4.79 Å². The summed E-state index contributed by atoms with van der Waals surface area (Å²) in [5.41, 5.74) is 8.62. The van der Waals surface area contributed by atoms with Gasteiger partial charge in [-0.3, -0.25) is 10.2 Å². The van der Waals surface area contributed by atoms with Crippen molar-refractivity contribution >= 4 is 12.1 Å². The van der Waals surface area contributed by atoms with Crippen LogP contribution in [-0.4, -0.2) is 24.7 Å². The van der Waals surface area contributed by atoms with Gasteiger partial charge in [0.2, 0.25) is 5.91 Å². The van der Waals surface area contributed by atoms with Crippen LogP contribution in [0.25, 0.3) is 0 Å². The smallest absolute Gasteiger partial charge is 0.244 e. The Morgan fingerprint density at radius 3 is 3.19 bits per heavy atom. The van der Waals surface area contributed by atoms with Crippen LogP contribution in [0.15, 0.2) is 29.5 Å². The number of nitrogens with zero attached hydrogens (tertiary/aromatic N) is 1. The fraction of sp³-hybridized carbons (Fsp3) is 0.455. The molecular formula is C11H18N4O. The number of carbonyl (C=O) groups excluding carboxylic acids is 1. The Kier molecular flexibility index (Phi) is 5.11. The molecule has 1 unspecified atom stereocenters. The molecular weight excluding hydrogens is 204 g/mol. The number of hydrazone groups is 1. The predicted octanol–water partition coefficient (Wildman–Crippen LogP) is 0.259. The summed E-state index contributed by atoms with van der Waals surface area (Å²) in [6, 6.07) is -0.228. The number of hydrogen-bond acceptors (Lipinski definition) is 4. The van der Waals surface area contributed by atoms with Crippen molar-refractivity contribution in [3.8, 4) is 0 Å². The van der Waals surface area contributed by atoms with E-state index in [1.54, 1.807) is 18.4 Å². The minimum atomic E-state index is -0.228. The van der Waals surface area contributed by atoms with Crippen LogP contribution in [0.1, 0.15) is 19.3 Å². The van der Waals surface area contributed by atoms with Crippen molar-refractivity contribution in [1.82, 2.24) is 10.7 Å². The Bertz CT molecular complexity index is 309. The first kappa shape index (κ1) is 12.3. The van der Waals surface area contributed by atoms with Crippen molar-refractivity contribution < 1.29 is 4.79 Å². The van der Waals surface area contributed by atoms with Crippen LogP contribution in [0.5, 0.6) is 0 Å².